The third-order valence-corrected chi connectivity index (χ3v) is 3.99. The second kappa shape index (κ2) is 26.9. The Bertz CT molecular complexity index is 367. The Morgan fingerprint density at radius 2 is 1.70 bits per heavy atom. The van der Waals surface area contributed by atoms with Crippen molar-refractivity contribution >= 4 is 5.78 Å². The molecule has 0 spiro atoms. The van der Waals surface area contributed by atoms with Crippen LogP contribution in [0.15, 0.2) is 36.6 Å². The first-order valence-electron chi connectivity index (χ1n) is 11.3. The van der Waals surface area contributed by atoms with E-state index in [0.29, 0.717) is 17.5 Å². The Morgan fingerprint density at radius 3 is 2.19 bits per heavy atom. The second-order valence-electron chi connectivity index (χ2n) is 6.35. The van der Waals surface area contributed by atoms with Crippen LogP contribution in [0.3, 0.4) is 0 Å². The van der Waals surface area contributed by atoms with E-state index in [1.165, 1.54) is 32.1 Å². The summed E-state index contributed by atoms with van der Waals surface area (Å²) < 4.78 is 0. The van der Waals surface area contributed by atoms with Gasteiger partial charge in [-0.3, -0.25) is 4.79 Å². The Kier molecular flexibility index (Phi) is 30.3. The van der Waals surface area contributed by atoms with Crippen LogP contribution in [0.2, 0.25) is 0 Å². The van der Waals surface area contributed by atoms with E-state index >= 15 is 0 Å². The van der Waals surface area contributed by atoms with Crippen molar-refractivity contribution < 1.29 is 9.90 Å². The monoisotopic (exact) mass is 380 g/mol. The van der Waals surface area contributed by atoms with E-state index in [9.17, 15) is 4.79 Å². The number of aliphatic hydroxyl groups is 1. The lowest BCUT2D eigenvalue weighted by atomic mass is 10.1. The minimum absolute atomic E-state index is 0.291. The normalized spacial score (nSPS) is 15.5. The first-order valence-corrected chi connectivity index (χ1v) is 11.3. The number of carbonyl (C=O) groups is 1. The lowest BCUT2D eigenvalue weighted by Gasteiger charge is -1.99. The molecule has 1 rings (SSSR count). The average molecular weight is 381 g/mol. The standard InChI is InChI=1S/C13H22O.C8H14O.2C2H6/c1-2-3-4-5-6-7-8-12-9-10-13(14)11-12;1-3-4-5-6-7-8(2)9;2*1-2/h7-8,12H,2-6,9-11H2,1H3;3-4,9H,2,5-7H2,1H3;2*1-2H3/b8-7+;4-3-;;. The predicted octanol–water partition coefficient (Wildman–Crippen LogP) is 8.74. The zero-order valence-corrected chi connectivity index (χ0v) is 19.2. The van der Waals surface area contributed by atoms with E-state index in [1.54, 1.807) is 0 Å². The minimum Gasteiger partial charge on any atom is -0.513 e. The van der Waals surface area contributed by atoms with E-state index in [1.807, 2.05) is 40.7 Å². The molecule has 0 heterocycles. The largest absolute Gasteiger partial charge is 0.513 e. The van der Waals surface area contributed by atoms with Gasteiger partial charge in [0, 0.05) is 19.3 Å². The number of rotatable bonds is 10. The molecule has 1 fully saturated rings. The number of ketones is 1. The molecule has 1 aliphatic carbocycles. The van der Waals surface area contributed by atoms with Gasteiger partial charge in [-0.05, 0) is 44.9 Å². The summed E-state index contributed by atoms with van der Waals surface area (Å²) in [7, 11) is 0. The fraction of sp³-hybridized carbons (Fsp3) is 0.720. The molecule has 0 bridgehead atoms. The van der Waals surface area contributed by atoms with Gasteiger partial charge in [0.2, 0.25) is 0 Å². The predicted molar refractivity (Wildman–Crippen MR) is 123 cm³/mol. The van der Waals surface area contributed by atoms with Gasteiger partial charge in [0.25, 0.3) is 0 Å². The average Bonchev–Trinajstić information content (AvgIpc) is 3.10. The first-order chi connectivity index (χ1) is 13.1. The molecule has 0 aromatic heterocycles. The molecule has 0 radical (unpaired) electrons. The summed E-state index contributed by atoms with van der Waals surface area (Å²) in [6.45, 7) is 15.6. The summed E-state index contributed by atoms with van der Waals surface area (Å²) in [6.07, 6.45) is 20.6. The van der Waals surface area contributed by atoms with Crippen LogP contribution < -0.4 is 0 Å². The highest BCUT2D eigenvalue weighted by molar-refractivity contribution is 5.80. The fourth-order valence-electron chi connectivity index (χ4n) is 2.58. The molecule has 1 saturated carbocycles. The van der Waals surface area contributed by atoms with Crippen LogP contribution in [-0.4, -0.2) is 10.9 Å². The first kappa shape index (κ1) is 30.4. The summed E-state index contributed by atoms with van der Waals surface area (Å²) in [6, 6.07) is 0. The van der Waals surface area contributed by atoms with Crippen molar-refractivity contribution in [3.63, 3.8) is 0 Å². The summed E-state index contributed by atoms with van der Waals surface area (Å²) in [5, 5.41) is 8.63. The third kappa shape index (κ3) is 27.0. The third-order valence-electron chi connectivity index (χ3n) is 3.99. The van der Waals surface area contributed by atoms with Gasteiger partial charge in [-0.15, -0.1) is 0 Å². The Morgan fingerprint density at radius 1 is 1.07 bits per heavy atom. The van der Waals surface area contributed by atoms with Crippen LogP contribution in [-0.2, 0) is 4.79 Å². The number of Topliss-reactive ketones (excluding diaryl/α,β-unsaturated/α-hetero) is 1. The van der Waals surface area contributed by atoms with Crippen LogP contribution in [0.1, 0.15) is 112 Å². The van der Waals surface area contributed by atoms with Crippen molar-refractivity contribution in [3.05, 3.63) is 36.6 Å². The second-order valence-corrected chi connectivity index (χ2v) is 6.35. The molecule has 1 aliphatic rings. The Labute approximate surface area is 170 Å². The summed E-state index contributed by atoms with van der Waals surface area (Å²) in [5.41, 5.74) is 0. The van der Waals surface area contributed by atoms with Crippen LogP contribution in [0.4, 0.5) is 0 Å². The number of carbonyl (C=O) groups excluding carboxylic acids is 1. The van der Waals surface area contributed by atoms with Crippen molar-refractivity contribution in [3.8, 4) is 0 Å². The van der Waals surface area contributed by atoms with Crippen molar-refractivity contribution in [2.75, 3.05) is 0 Å². The fourth-order valence-corrected chi connectivity index (χ4v) is 2.58. The van der Waals surface area contributed by atoms with Crippen LogP contribution in [0.25, 0.3) is 0 Å². The number of hydrogen-bond acceptors (Lipinski definition) is 2. The topological polar surface area (TPSA) is 37.3 Å². The molecule has 1 unspecified atom stereocenters. The van der Waals surface area contributed by atoms with Crippen LogP contribution in [0, 0.1) is 5.92 Å². The molecule has 0 saturated heterocycles. The van der Waals surface area contributed by atoms with E-state index < -0.39 is 0 Å². The van der Waals surface area contributed by atoms with Crippen LogP contribution >= 0.6 is 0 Å². The molecule has 2 nitrogen and oxygen atoms in total. The van der Waals surface area contributed by atoms with Gasteiger partial charge < -0.3 is 5.11 Å². The number of unbranched alkanes of at least 4 members (excludes halogenated alkanes) is 5. The molecule has 0 aromatic carbocycles. The molecular weight excluding hydrogens is 332 g/mol. The molecule has 0 amide bonds. The maximum atomic E-state index is 11.0. The van der Waals surface area contributed by atoms with E-state index in [2.05, 4.69) is 31.7 Å². The molecule has 0 aliphatic heterocycles. The Hall–Kier alpha value is -1.31. The van der Waals surface area contributed by atoms with Gasteiger partial charge in [0.05, 0.1) is 5.76 Å². The van der Waals surface area contributed by atoms with Crippen molar-refractivity contribution in [1.29, 1.82) is 0 Å². The van der Waals surface area contributed by atoms with Gasteiger partial charge >= 0.3 is 0 Å². The SMILES string of the molecule is C=C(O)CCC/C=C\C.CC.CC.CCCCCC/C=C/C1CCC(=O)C1. The minimum atomic E-state index is 0.291. The maximum Gasteiger partial charge on any atom is 0.133 e. The highest BCUT2D eigenvalue weighted by atomic mass is 16.3. The summed E-state index contributed by atoms with van der Waals surface area (Å²) in [4.78, 5) is 11.0. The van der Waals surface area contributed by atoms with Crippen molar-refractivity contribution in [2.24, 2.45) is 5.92 Å². The Balaban J connectivity index is -0.000000384. The zero-order valence-electron chi connectivity index (χ0n) is 19.2. The summed E-state index contributed by atoms with van der Waals surface area (Å²) in [5.74, 6) is 1.30. The van der Waals surface area contributed by atoms with Crippen LogP contribution in [0.5, 0.6) is 0 Å². The lowest BCUT2D eigenvalue weighted by molar-refractivity contribution is -0.117. The van der Waals surface area contributed by atoms with Crippen molar-refractivity contribution in [1.82, 2.24) is 0 Å². The zero-order chi connectivity index (χ0) is 21.3. The molecule has 160 valence electrons. The lowest BCUT2D eigenvalue weighted by Crippen LogP contribution is -1.89. The highest BCUT2D eigenvalue weighted by Gasteiger charge is 2.18. The smallest absolute Gasteiger partial charge is 0.133 e. The molecule has 1 atom stereocenters. The molecule has 0 aromatic rings. The summed E-state index contributed by atoms with van der Waals surface area (Å²) >= 11 is 0. The molecule has 2 heteroatoms. The van der Waals surface area contributed by atoms with E-state index in [4.69, 9.17) is 5.11 Å². The molecule has 1 N–H and O–H groups in total. The van der Waals surface area contributed by atoms with Gasteiger partial charge in [-0.2, -0.15) is 0 Å². The van der Waals surface area contributed by atoms with Gasteiger partial charge in [-0.25, -0.2) is 0 Å². The van der Waals surface area contributed by atoms with E-state index in [-0.39, 0.29) is 0 Å². The van der Waals surface area contributed by atoms with Gasteiger partial charge in [0.1, 0.15) is 5.78 Å². The van der Waals surface area contributed by atoms with Gasteiger partial charge in [0.15, 0.2) is 0 Å². The van der Waals surface area contributed by atoms with Gasteiger partial charge in [-0.1, -0.05) is 84.8 Å². The molecular formula is C25H48O2. The van der Waals surface area contributed by atoms with E-state index in [0.717, 1.165) is 38.5 Å². The van der Waals surface area contributed by atoms with Crippen molar-refractivity contribution in [2.45, 2.75) is 112 Å². The maximum absolute atomic E-state index is 11.0. The number of aliphatic hydroxyl groups excluding tert-OH is 1. The number of hydrogen-bond donors (Lipinski definition) is 1. The quantitative estimate of drug-likeness (QED) is 0.234. The highest BCUT2D eigenvalue weighted by Crippen LogP contribution is 2.23. The number of allylic oxidation sites excluding steroid dienone is 5. The molecule has 27 heavy (non-hydrogen) atoms.